The summed E-state index contributed by atoms with van der Waals surface area (Å²) >= 11 is 0. The van der Waals surface area contributed by atoms with E-state index in [0.717, 1.165) is 28.1 Å². The van der Waals surface area contributed by atoms with Gasteiger partial charge in [-0.05, 0) is 62.6 Å². The SMILES string of the molecule is CC[C@H](C)NC(=O)[C@H](C)N(Cc1cccc(OC)c1)C(=O)CN(c1cc(C)ccc1OC)S(C)(=O)=O. The Labute approximate surface area is 214 Å². The van der Waals surface area contributed by atoms with Crippen molar-refractivity contribution in [3.05, 3.63) is 53.6 Å². The molecule has 2 aromatic rings. The normalized spacial score (nSPS) is 12.9. The lowest BCUT2D eigenvalue weighted by Gasteiger charge is -2.32. The van der Waals surface area contributed by atoms with Gasteiger partial charge in [-0.1, -0.05) is 25.1 Å². The summed E-state index contributed by atoms with van der Waals surface area (Å²) in [6.07, 6.45) is 1.77. The van der Waals surface area contributed by atoms with Crippen molar-refractivity contribution in [3.63, 3.8) is 0 Å². The topological polar surface area (TPSA) is 105 Å². The van der Waals surface area contributed by atoms with Crippen molar-refractivity contribution in [2.45, 2.75) is 52.7 Å². The molecule has 0 aliphatic carbocycles. The molecule has 0 saturated heterocycles. The smallest absolute Gasteiger partial charge is 0.244 e. The van der Waals surface area contributed by atoms with E-state index in [4.69, 9.17) is 9.47 Å². The number of carbonyl (C=O) groups is 2. The number of sulfonamides is 1. The molecule has 10 heteroatoms. The quantitative estimate of drug-likeness (QED) is 0.462. The van der Waals surface area contributed by atoms with Crippen LogP contribution in [0.4, 0.5) is 5.69 Å². The summed E-state index contributed by atoms with van der Waals surface area (Å²) < 4.78 is 37.3. The molecule has 0 fully saturated rings. The van der Waals surface area contributed by atoms with Crippen molar-refractivity contribution in [2.24, 2.45) is 0 Å². The van der Waals surface area contributed by atoms with Gasteiger partial charge in [-0.25, -0.2) is 8.42 Å². The average molecular weight is 520 g/mol. The highest BCUT2D eigenvalue weighted by molar-refractivity contribution is 7.92. The van der Waals surface area contributed by atoms with Gasteiger partial charge in [0.1, 0.15) is 24.1 Å². The van der Waals surface area contributed by atoms with E-state index in [0.29, 0.717) is 11.5 Å². The third-order valence-electron chi connectivity index (χ3n) is 5.94. The van der Waals surface area contributed by atoms with Gasteiger partial charge in [-0.3, -0.25) is 13.9 Å². The highest BCUT2D eigenvalue weighted by Crippen LogP contribution is 2.31. The zero-order valence-corrected chi connectivity index (χ0v) is 22.9. The van der Waals surface area contributed by atoms with Gasteiger partial charge in [0.15, 0.2) is 0 Å². The summed E-state index contributed by atoms with van der Waals surface area (Å²) in [7, 11) is -0.881. The fraction of sp³-hybridized carbons (Fsp3) is 0.462. The Morgan fingerprint density at radius 3 is 2.33 bits per heavy atom. The maximum atomic E-state index is 13.7. The number of nitrogens with zero attached hydrogens (tertiary/aromatic N) is 2. The van der Waals surface area contributed by atoms with Crippen LogP contribution in [0.3, 0.4) is 0 Å². The molecule has 0 aromatic heterocycles. The third-order valence-corrected chi connectivity index (χ3v) is 7.06. The Bertz CT molecular complexity index is 1170. The van der Waals surface area contributed by atoms with Crippen molar-refractivity contribution >= 4 is 27.5 Å². The van der Waals surface area contributed by atoms with E-state index < -0.39 is 28.5 Å². The second-order valence-corrected chi connectivity index (χ2v) is 10.7. The van der Waals surface area contributed by atoms with Crippen LogP contribution in [0.1, 0.15) is 38.3 Å². The molecule has 0 saturated carbocycles. The van der Waals surface area contributed by atoms with Gasteiger partial charge < -0.3 is 19.7 Å². The molecule has 2 amide bonds. The molecule has 0 heterocycles. The molecular weight excluding hydrogens is 482 g/mol. The van der Waals surface area contributed by atoms with Crippen LogP contribution in [-0.4, -0.2) is 64.2 Å². The first kappa shape index (κ1) is 29.0. The standard InChI is InChI=1S/C26H37N3O6S/c1-8-19(3)27-26(31)20(4)28(16-21-10-9-11-22(15-21)34-5)25(30)17-29(36(7,32)33)23-14-18(2)12-13-24(23)35-6/h9-15,19-20H,8,16-17H2,1-7H3,(H,27,31)/t19-,20-/m0/s1. The average Bonchev–Trinajstić information content (AvgIpc) is 2.84. The van der Waals surface area contributed by atoms with Gasteiger partial charge in [0, 0.05) is 12.6 Å². The second-order valence-electron chi connectivity index (χ2n) is 8.81. The van der Waals surface area contributed by atoms with Gasteiger partial charge in [0.25, 0.3) is 0 Å². The van der Waals surface area contributed by atoms with Gasteiger partial charge in [-0.15, -0.1) is 0 Å². The number of carbonyl (C=O) groups excluding carboxylic acids is 2. The summed E-state index contributed by atoms with van der Waals surface area (Å²) in [5, 5.41) is 2.90. The summed E-state index contributed by atoms with van der Waals surface area (Å²) in [6, 6.07) is 11.3. The molecule has 36 heavy (non-hydrogen) atoms. The number of methoxy groups -OCH3 is 2. The molecule has 2 rings (SSSR count). The zero-order valence-electron chi connectivity index (χ0n) is 22.1. The van der Waals surface area contributed by atoms with Crippen molar-refractivity contribution in [3.8, 4) is 11.5 Å². The number of benzene rings is 2. The molecule has 1 N–H and O–H groups in total. The first-order chi connectivity index (χ1) is 16.9. The molecule has 0 bridgehead atoms. The Hall–Kier alpha value is -3.27. The van der Waals surface area contributed by atoms with Crippen LogP contribution >= 0.6 is 0 Å². The molecular formula is C26H37N3O6S. The number of ether oxygens (including phenoxy) is 2. The summed E-state index contributed by atoms with van der Waals surface area (Å²) in [6.45, 7) is 6.88. The van der Waals surface area contributed by atoms with Gasteiger partial charge in [-0.2, -0.15) is 0 Å². The van der Waals surface area contributed by atoms with Gasteiger partial charge in [0.05, 0.1) is 26.2 Å². The Kier molecular flexibility index (Phi) is 10.2. The molecule has 0 radical (unpaired) electrons. The van der Waals surface area contributed by atoms with Crippen molar-refractivity contribution < 1.29 is 27.5 Å². The van der Waals surface area contributed by atoms with Crippen LogP contribution in [0.5, 0.6) is 11.5 Å². The highest BCUT2D eigenvalue weighted by atomic mass is 32.2. The maximum absolute atomic E-state index is 13.7. The Balaban J connectivity index is 2.47. The lowest BCUT2D eigenvalue weighted by Crippen LogP contribution is -2.52. The molecule has 9 nitrogen and oxygen atoms in total. The van der Waals surface area contributed by atoms with Crippen LogP contribution in [0, 0.1) is 6.92 Å². The van der Waals surface area contributed by atoms with E-state index in [1.807, 2.05) is 26.8 Å². The van der Waals surface area contributed by atoms with Crippen molar-refractivity contribution in [1.29, 1.82) is 0 Å². The minimum Gasteiger partial charge on any atom is -0.497 e. The molecule has 0 spiro atoms. The lowest BCUT2D eigenvalue weighted by molar-refractivity contribution is -0.139. The predicted octanol–water partition coefficient (Wildman–Crippen LogP) is 3.11. The molecule has 0 aliphatic rings. The van der Waals surface area contributed by atoms with Crippen LogP contribution in [0.2, 0.25) is 0 Å². The number of anilines is 1. The number of rotatable bonds is 12. The molecule has 2 atom stereocenters. The monoisotopic (exact) mass is 519 g/mol. The fourth-order valence-corrected chi connectivity index (χ4v) is 4.45. The van der Waals surface area contributed by atoms with Crippen molar-refractivity contribution in [2.75, 3.05) is 31.3 Å². The summed E-state index contributed by atoms with van der Waals surface area (Å²) in [5.41, 5.74) is 1.80. The Morgan fingerprint density at radius 2 is 1.75 bits per heavy atom. The minimum absolute atomic E-state index is 0.0715. The number of aryl methyl sites for hydroxylation is 1. The van der Waals surface area contributed by atoms with E-state index >= 15 is 0 Å². The minimum atomic E-state index is -3.86. The zero-order chi connectivity index (χ0) is 27.0. The molecule has 0 unspecified atom stereocenters. The third kappa shape index (κ3) is 7.61. The highest BCUT2D eigenvalue weighted by Gasteiger charge is 2.31. The molecule has 198 valence electrons. The lowest BCUT2D eigenvalue weighted by atomic mass is 10.1. The van der Waals surface area contributed by atoms with Crippen LogP contribution < -0.4 is 19.1 Å². The molecule has 2 aromatic carbocycles. The number of hydrogen-bond acceptors (Lipinski definition) is 6. The van der Waals surface area contributed by atoms with Crippen LogP contribution in [-0.2, 0) is 26.2 Å². The van der Waals surface area contributed by atoms with Gasteiger partial charge >= 0.3 is 0 Å². The van der Waals surface area contributed by atoms with E-state index in [9.17, 15) is 18.0 Å². The summed E-state index contributed by atoms with van der Waals surface area (Å²) in [5.74, 6) is 0.0813. The first-order valence-electron chi connectivity index (χ1n) is 11.8. The van der Waals surface area contributed by atoms with Gasteiger partial charge in [0.2, 0.25) is 21.8 Å². The van der Waals surface area contributed by atoms with E-state index in [1.54, 1.807) is 50.4 Å². The fourth-order valence-electron chi connectivity index (χ4n) is 3.61. The maximum Gasteiger partial charge on any atom is 0.244 e. The van der Waals surface area contributed by atoms with Crippen LogP contribution in [0.25, 0.3) is 0 Å². The van der Waals surface area contributed by atoms with Crippen molar-refractivity contribution in [1.82, 2.24) is 10.2 Å². The second kappa shape index (κ2) is 12.6. The van der Waals surface area contributed by atoms with Crippen LogP contribution in [0.15, 0.2) is 42.5 Å². The largest absolute Gasteiger partial charge is 0.497 e. The van der Waals surface area contributed by atoms with E-state index in [-0.39, 0.29) is 24.2 Å². The number of nitrogens with one attached hydrogen (secondary N) is 1. The van der Waals surface area contributed by atoms with E-state index in [2.05, 4.69) is 5.32 Å². The molecule has 0 aliphatic heterocycles. The number of amides is 2. The Morgan fingerprint density at radius 1 is 1.06 bits per heavy atom. The first-order valence-corrected chi connectivity index (χ1v) is 13.6. The van der Waals surface area contributed by atoms with E-state index in [1.165, 1.54) is 12.0 Å². The predicted molar refractivity (Wildman–Crippen MR) is 141 cm³/mol. The number of hydrogen-bond donors (Lipinski definition) is 1. The summed E-state index contributed by atoms with van der Waals surface area (Å²) in [4.78, 5) is 28.1.